The van der Waals surface area contributed by atoms with E-state index in [1.54, 1.807) is 0 Å². The van der Waals surface area contributed by atoms with E-state index in [0.717, 1.165) is 37.6 Å². The molecule has 1 aliphatic rings. The van der Waals surface area contributed by atoms with Gasteiger partial charge in [-0.1, -0.05) is 13.0 Å². The molecule has 3 heteroatoms. The zero-order valence-electron chi connectivity index (χ0n) is 10.8. The predicted octanol–water partition coefficient (Wildman–Crippen LogP) is 2.42. The van der Waals surface area contributed by atoms with E-state index in [1.165, 1.54) is 12.0 Å². The molecule has 1 aromatic carbocycles. The maximum Gasteiger partial charge on any atom is 0.142 e. The van der Waals surface area contributed by atoms with Gasteiger partial charge in [-0.05, 0) is 44.0 Å². The highest BCUT2D eigenvalue weighted by Gasteiger charge is 2.09. The van der Waals surface area contributed by atoms with Crippen LogP contribution in [-0.2, 0) is 6.42 Å². The summed E-state index contributed by atoms with van der Waals surface area (Å²) in [6, 6.07) is 7.03. The van der Waals surface area contributed by atoms with Crippen molar-refractivity contribution in [1.82, 2.24) is 5.32 Å². The van der Waals surface area contributed by atoms with Gasteiger partial charge in [-0.25, -0.2) is 0 Å². The summed E-state index contributed by atoms with van der Waals surface area (Å²) < 4.78 is 5.56. The Kier molecular flexibility index (Phi) is 4.26. The summed E-state index contributed by atoms with van der Waals surface area (Å²) in [7, 11) is 0. The van der Waals surface area contributed by atoms with Gasteiger partial charge in [0.25, 0.3) is 0 Å². The van der Waals surface area contributed by atoms with Gasteiger partial charge in [0.05, 0.1) is 5.69 Å². The molecule has 0 bridgehead atoms. The van der Waals surface area contributed by atoms with Crippen LogP contribution in [0.2, 0.25) is 0 Å². The van der Waals surface area contributed by atoms with Gasteiger partial charge >= 0.3 is 0 Å². The zero-order chi connectivity index (χ0) is 12.1. The molecule has 2 N–H and O–H groups in total. The van der Waals surface area contributed by atoms with E-state index in [2.05, 4.69) is 42.7 Å². The van der Waals surface area contributed by atoms with Crippen molar-refractivity contribution in [2.75, 3.05) is 25.0 Å². The summed E-state index contributed by atoms with van der Waals surface area (Å²) in [4.78, 5) is 0. The number of anilines is 1. The van der Waals surface area contributed by atoms with Crippen LogP contribution in [0.25, 0.3) is 0 Å². The summed E-state index contributed by atoms with van der Waals surface area (Å²) in [6.45, 7) is 7.14. The average molecular weight is 234 g/mol. The molecular weight excluding hydrogens is 212 g/mol. The van der Waals surface area contributed by atoms with Gasteiger partial charge in [0.15, 0.2) is 0 Å². The SMILES string of the molecule is CCC(C)NCCc1ccc2c(c1)NCCO2. The number of hydrogen-bond acceptors (Lipinski definition) is 3. The van der Waals surface area contributed by atoms with Gasteiger partial charge < -0.3 is 15.4 Å². The van der Waals surface area contributed by atoms with Crippen LogP contribution in [0.4, 0.5) is 5.69 Å². The summed E-state index contributed by atoms with van der Waals surface area (Å²) in [6.07, 6.45) is 2.25. The molecule has 0 spiro atoms. The van der Waals surface area contributed by atoms with E-state index >= 15 is 0 Å². The molecule has 17 heavy (non-hydrogen) atoms. The Morgan fingerprint density at radius 2 is 2.35 bits per heavy atom. The third-order valence-corrected chi connectivity index (χ3v) is 3.24. The number of fused-ring (bicyclic) bond motifs is 1. The molecule has 0 saturated heterocycles. The van der Waals surface area contributed by atoms with Gasteiger partial charge in [0.2, 0.25) is 0 Å². The van der Waals surface area contributed by atoms with Gasteiger partial charge in [0, 0.05) is 12.6 Å². The van der Waals surface area contributed by atoms with Crippen LogP contribution in [0.1, 0.15) is 25.8 Å². The van der Waals surface area contributed by atoms with Crippen LogP contribution < -0.4 is 15.4 Å². The molecule has 0 fully saturated rings. The van der Waals surface area contributed by atoms with Crippen LogP contribution in [0.3, 0.4) is 0 Å². The van der Waals surface area contributed by atoms with Crippen LogP contribution >= 0.6 is 0 Å². The second kappa shape index (κ2) is 5.92. The molecule has 0 aromatic heterocycles. The van der Waals surface area contributed by atoms with Crippen molar-refractivity contribution in [2.24, 2.45) is 0 Å². The fraction of sp³-hybridized carbons (Fsp3) is 0.571. The van der Waals surface area contributed by atoms with Crippen LogP contribution in [-0.4, -0.2) is 25.7 Å². The van der Waals surface area contributed by atoms with E-state index < -0.39 is 0 Å². The Morgan fingerprint density at radius 1 is 1.47 bits per heavy atom. The maximum absolute atomic E-state index is 5.56. The monoisotopic (exact) mass is 234 g/mol. The minimum absolute atomic E-state index is 0.606. The lowest BCUT2D eigenvalue weighted by atomic mass is 10.1. The fourth-order valence-corrected chi connectivity index (χ4v) is 1.95. The van der Waals surface area contributed by atoms with Gasteiger partial charge in [-0.15, -0.1) is 0 Å². The lowest BCUT2D eigenvalue weighted by molar-refractivity contribution is 0.323. The van der Waals surface area contributed by atoms with Gasteiger partial charge in [-0.2, -0.15) is 0 Å². The molecule has 1 heterocycles. The molecule has 0 amide bonds. The van der Waals surface area contributed by atoms with Crippen LogP contribution in [0.15, 0.2) is 18.2 Å². The first kappa shape index (κ1) is 12.2. The average Bonchev–Trinajstić information content (AvgIpc) is 2.38. The summed E-state index contributed by atoms with van der Waals surface area (Å²) in [5.41, 5.74) is 2.50. The fourth-order valence-electron chi connectivity index (χ4n) is 1.95. The normalized spacial score (nSPS) is 15.6. The van der Waals surface area contributed by atoms with Crippen molar-refractivity contribution in [3.63, 3.8) is 0 Å². The molecule has 0 aliphatic carbocycles. The molecule has 1 unspecified atom stereocenters. The van der Waals surface area contributed by atoms with Crippen molar-refractivity contribution in [3.05, 3.63) is 23.8 Å². The summed E-state index contributed by atoms with van der Waals surface area (Å²) in [5, 5.41) is 6.88. The highest BCUT2D eigenvalue weighted by Crippen LogP contribution is 2.27. The van der Waals surface area contributed by atoms with Gasteiger partial charge in [-0.3, -0.25) is 0 Å². The van der Waals surface area contributed by atoms with E-state index in [1.807, 2.05) is 0 Å². The van der Waals surface area contributed by atoms with E-state index in [-0.39, 0.29) is 0 Å². The third-order valence-electron chi connectivity index (χ3n) is 3.24. The largest absolute Gasteiger partial charge is 0.490 e. The first-order chi connectivity index (χ1) is 8.29. The maximum atomic E-state index is 5.56. The first-order valence-electron chi connectivity index (χ1n) is 6.52. The van der Waals surface area contributed by atoms with E-state index in [0.29, 0.717) is 6.04 Å². The Bertz CT molecular complexity index is 365. The van der Waals surface area contributed by atoms with Crippen LogP contribution in [0.5, 0.6) is 5.75 Å². The third kappa shape index (κ3) is 3.37. The molecule has 0 saturated carbocycles. The second-order valence-corrected chi connectivity index (χ2v) is 4.62. The zero-order valence-corrected chi connectivity index (χ0v) is 10.8. The van der Waals surface area contributed by atoms with Crippen molar-refractivity contribution in [1.29, 1.82) is 0 Å². The predicted molar refractivity (Wildman–Crippen MR) is 71.9 cm³/mol. The molecule has 0 radical (unpaired) electrons. The summed E-state index contributed by atoms with van der Waals surface area (Å²) >= 11 is 0. The smallest absolute Gasteiger partial charge is 0.142 e. The number of benzene rings is 1. The topological polar surface area (TPSA) is 33.3 Å². The highest BCUT2D eigenvalue weighted by atomic mass is 16.5. The molecule has 1 aromatic rings. The number of ether oxygens (including phenoxy) is 1. The van der Waals surface area contributed by atoms with E-state index in [9.17, 15) is 0 Å². The molecule has 3 nitrogen and oxygen atoms in total. The molecular formula is C14H22N2O. The summed E-state index contributed by atoms with van der Waals surface area (Å²) in [5.74, 6) is 0.981. The Morgan fingerprint density at radius 3 is 3.18 bits per heavy atom. The standard InChI is InChI=1S/C14H22N2O/c1-3-11(2)15-7-6-12-4-5-14-13(10-12)16-8-9-17-14/h4-5,10-11,15-16H,3,6-9H2,1-2H3. The lowest BCUT2D eigenvalue weighted by Crippen LogP contribution is -2.27. The molecule has 1 aliphatic heterocycles. The van der Waals surface area contributed by atoms with Crippen molar-refractivity contribution < 1.29 is 4.74 Å². The second-order valence-electron chi connectivity index (χ2n) is 4.62. The number of hydrogen-bond donors (Lipinski definition) is 2. The number of rotatable bonds is 5. The number of nitrogens with one attached hydrogen (secondary N) is 2. The Balaban J connectivity index is 1.89. The highest BCUT2D eigenvalue weighted by molar-refractivity contribution is 5.59. The Labute approximate surface area is 104 Å². The van der Waals surface area contributed by atoms with Crippen molar-refractivity contribution in [3.8, 4) is 5.75 Å². The Hall–Kier alpha value is -1.22. The first-order valence-corrected chi connectivity index (χ1v) is 6.52. The molecule has 94 valence electrons. The lowest BCUT2D eigenvalue weighted by Gasteiger charge is -2.20. The minimum Gasteiger partial charge on any atom is -0.490 e. The minimum atomic E-state index is 0.606. The van der Waals surface area contributed by atoms with Crippen LogP contribution in [0, 0.1) is 0 Å². The molecule has 1 atom stereocenters. The van der Waals surface area contributed by atoms with Crippen molar-refractivity contribution >= 4 is 5.69 Å². The van der Waals surface area contributed by atoms with E-state index in [4.69, 9.17) is 4.74 Å². The quantitative estimate of drug-likeness (QED) is 0.821. The molecule has 2 rings (SSSR count). The van der Waals surface area contributed by atoms with Crippen molar-refractivity contribution in [2.45, 2.75) is 32.7 Å². The van der Waals surface area contributed by atoms with Gasteiger partial charge in [0.1, 0.15) is 12.4 Å².